The zero-order chi connectivity index (χ0) is 19.3. The fourth-order valence-corrected chi connectivity index (χ4v) is 2.59. The second kappa shape index (κ2) is 8.52. The van der Waals surface area contributed by atoms with E-state index >= 15 is 0 Å². The summed E-state index contributed by atoms with van der Waals surface area (Å²) in [5.74, 6) is 1.38. The van der Waals surface area contributed by atoms with Crippen molar-refractivity contribution in [3.8, 4) is 11.5 Å². The number of methoxy groups -OCH3 is 2. The molecule has 1 heterocycles. The molecule has 5 heteroatoms. The summed E-state index contributed by atoms with van der Waals surface area (Å²) in [4.78, 5) is 11.9. The van der Waals surface area contributed by atoms with Gasteiger partial charge in [-0.3, -0.25) is 4.79 Å². The van der Waals surface area contributed by atoms with Crippen LogP contribution in [0.15, 0.2) is 35.9 Å². The van der Waals surface area contributed by atoms with E-state index in [4.69, 9.17) is 9.47 Å². The van der Waals surface area contributed by atoms with Crippen molar-refractivity contribution < 1.29 is 14.3 Å². The molecule has 2 aromatic rings. The normalized spacial score (nSPS) is 11.2. The molecule has 0 unspecified atom stereocenters. The van der Waals surface area contributed by atoms with Crippen molar-refractivity contribution in [2.75, 3.05) is 14.2 Å². The molecule has 0 N–H and O–H groups in total. The lowest BCUT2D eigenvalue weighted by molar-refractivity contribution is 0.0983. The van der Waals surface area contributed by atoms with Crippen LogP contribution in [0.2, 0.25) is 0 Å². The number of nitrogens with zero attached hydrogens (tertiary/aromatic N) is 2. The molecule has 0 aliphatic carbocycles. The maximum atomic E-state index is 11.9. The smallest absolute Gasteiger partial charge is 0.182 e. The zero-order valence-corrected chi connectivity index (χ0v) is 16.3. The molecule has 0 aliphatic rings. The summed E-state index contributed by atoms with van der Waals surface area (Å²) in [5, 5.41) is 4.43. The average molecular weight is 354 g/mol. The number of carbonyl (C=O) groups excluding carboxylic acids is 1. The molecule has 0 amide bonds. The van der Waals surface area contributed by atoms with Crippen LogP contribution in [0.5, 0.6) is 11.5 Å². The first-order valence-corrected chi connectivity index (χ1v) is 8.58. The van der Waals surface area contributed by atoms with Gasteiger partial charge in [-0.25, -0.2) is 4.68 Å². The van der Waals surface area contributed by atoms with Crippen LogP contribution in [0.3, 0.4) is 0 Å². The van der Waals surface area contributed by atoms with Crippen molar-refractivity contribution in [2.45, 2.75) is 34.1 Å². The minimum absolute atomic E-state index is 0.0372. The highest BCUT2D eigenvalue weighted by atomic mass is 16.5. The lowest BCUT2D eigenvalue weighted by Crippen LogP contribution is -2.00. The predicted octanol–water partition coefficient (Wildman–Crippen LogP) is 4.77. The van der Waals surface area contributed by atoms with Gasteiger partial charge in [0.1, 0.15) is 5.69 Å². The van der Waals surface area contributed by atoms with Gasteiger partial charge in [-0.05, 0) is 44.5 Å². The molecule has 0 fully saturated rings. The molecular formula is C21H26N2O3. The summed E-state index contributed by atoms with van der Waals surface area (Å²) in [5.41, 5.74) is 4.49. The molecule has 0 saturated carbocycles. The Labute approximate surface area is 154 Å². The Balaban J connectivity index is 2.55. The van der Waals surface area contributed by atoms with Crippen molar-refractivity contribution >= 4 is 17.6 Å². The highest BCUT2D eigenvalue weighted by Gasteiger charge is 2.11. The van der Waals surface area contributed by atoms with Gasteiger partial charge in [-0.15, -0.1) is 0 Å². The highest BCUT2D eigenvalue weighted by molar-refractivity contribution is 5.94. The highest BCUT2D eigenvalue weighted by Crippen LogP contribution is 2.31. The summed E-state index contributed by atoms with van der Waals surface area (Å²) in [6.07, 6.45) is 4.44. The lowest BCUT2D eigenvalue weighted by Gasteiger charge is -2.11. The van der Waals surface area contributed by atoms with Crippen molar-refractivity contribution in [3.63, 3.8) is 0 Å². The predicted molar refractivity (Wildman–Crippen MR) is 105 cm³/mol. The van der Waals surface area contributed by atoms with Crippen LogP contribution in [-0.2, 0) is 0 Å². The largest absolute Gasteiger partial charge is 0.493 e. The van der Waals surface area contributed by atoms with E-state index in [1.165, 1.54) is 0 Å². The molecule has 26 heavy (non-hydrogen) atoms. The van der Waals surface area contributed by atoms with Gasteiger partial charge < -0.3 is 9.47 Å². The van der Waals surface area contributed by atoms with E-state index in [9.17, 15) is 4.79 Å². The quantitative estimate of drug-likeness (QED) is 0.531. The number of benzene rings is 1. The lowest BCUT2D eigenvalue weighted by atomic mass is 10.0. The van der Waals surface area contributed by atoms with Crippen molar-refractivity contribution in [2.24, 2.45) is 0 Å². The first-order valence-electron chi connectivity index (χ1n) is 8.58. The van der Waals surface area contributed by atoms with Gasteiger partial charge in [0.25, 0.3) is 0 Å². The molecule has 1 aromatic heterocycles. The van der Waals surface area contributed by atoms with Crippen molar-refractivity contribution in [3.05, 3.63) is 52.9 Å². The fourth-order valence-electron chi connectivity index (χ4n) is 2.59. The molecule has 0 spiro atoms. The first-order chi connectivity index (χ1) is 12.4. The number of hydrogen-bond acceptors (Lipinski definition) is 4. The van der Waals surface area contributed by atoms with Crippen LogP contribution < -0.4 is 9.47 Å². The van der Waals surface area contributed by atoms with Gasteiger partial charge in [0.05, 0.1) is 14.2 Å². The van der Waals surface area contributed by atoms with E-state index in [1.54, 1.807) is 18.9 Å². The standard InChI is InChI=1S/C21H26N2O3/c1-7-19(24)18-11-15(4)23(22-18)13-17(10-14(2)3)16-8-9-20(25-5)21(12-16)26-6/h8-13H,7H2,1-6H3/b17-13+. The first kappa shape index (κ1) is 19.5. The third kappa shape index (κ3) is 4.42. The van der Waals surface area contributed by atoms with Gasteiger partial charge >= 0.3 is 0 Å². The van der Waals surface area contributed by atoms with Gasteiger partial charge in [-0.2, -0.15) is 5.10 Å². The van der Waals surface area contributed by atoms with E-state index in [-0.39, 0.29) is 5.78 Å². The Morgan fingerprint density at radius 1 is 1.15 bits per heavy atom. The van der Waals surface area contributed by atoms with Gasteiger partial charge in [-0.1, -0.05) is 24.6 Å². The molecule has 0 radical (unpaired) electrons. The number of allylic oxidation sites excluding steroid dienone is 3. The summed E-state index contributed by atoms with van der Waals surface area (Å²) >= 11 is 0. The maximum Gasteiger partial charge on any atom is 0.182 e. The molecule has 138 valence electrons. The third-order valence-corrected chi connectivity index (χ3v) is 3.95. The third-order valence-electron chi connectivity index (χ3n) is 3.95. The number of hydrogen-bond donors (Lipinski definition) is 0. The van der Waals surface area contributed by atoms with E-state index in [1.807, 2.05) is 58.2 Å². The molecule has 0 aliphatic heterocycles. The number of ketones is 1. The summed E-state index contributed by atoms with van der Waals surface area (Å²) in [7, 11) is 3.23. The van der Waals surface area contributed by atoms with Crippen LogP contribution in [0.4, 0.5) is 0 Å². The van der Waals surface area contributed by atoms with E-state index in [2.05, 4.69) is 11.2 Å². The van der Waals surface area contributed by atoms with Crippen molar-refractivity contribution in [1.29, 1.82) is 0 Å². The molecular weight excluding hydrogens is 328 g/mol. The topological polar surface area (TPSA) is 53.4 Å². The fraction of sp³-hybridized carbons (Fsp3) is 0.333. The van der Waals surface area contributed by atoms with Gasteiger partial charge in [0, 0.05) is 23.9 Å². The Kier molecular flexibility index (Phi) is 6.39. The minimum atomic E-state index is 0.0372. The Hall–Kier alpha value is -2.82. The molecule has 0 atom stereocenters. The second-order valence-corrected chi connectivity index (χ2v) is 6.27. The van der Waals surface area contributed by atoms with E-state index in [0.29, 0.717) is 23.6 Å². The molecule has 0 saturated heterocycles. The van der Waals surface area contributed by atoms with Gasteiger partial charge in [0.2, 0.25) is 0 Å². The minimum Gasteiger partial charge on any atom is -0.493 e. The van der Waals surface area contributed by atoms with Crippen molar-refractivity contribution in [1.82, 2.24) is 9.78 Å². The molecule has 1 aromatic carbocycles. The average Bonchev–Trinajstić information content (AvgIpc) is 3.00. The van der Waals surface area contributed by atoms with Crippen LogP contribution in [-0.4, -0.2) is 29.8 Å². The van der Waals surface area contributed by atoms with E-state index in [0.717, 1.165) is 22.4 Å². The Morgan fingerprint density at radius 2 is 1.85 bits per heavy atom. The number of Topliss-reactive ketones (excluding diaryl/α,β-unsaturated/α-hetero) is 1. The monoisotopic (exact) mass is 354 g/mol. The number of aromatic nitrogens is 2. The summed E-state index contributed by atoms with van der Waals surface area (Å²) in [6.45, 7) is 7.85. The molecule has 0 bridgehead atoms. The number of rotatable bonds is 7. The number of ether oxygens (including phenoxy) is 2. The van der Waals surface area contributed by atoms with Crippen LogP contribution >= 0.6 is 0 Å². The van der Waals surface area contributed by atoms with E-state index < -0.39 is 0 Å². The van der Waals surface area contributed by atoms with Crippen LogP contribution in [0.1, 0.15) is 48.9 Å². The Morgan fingerprint density at radius 3 is 2.42 bits per heavy atom. The Bertz CT molecular complexity index is 856. The zero-order valence-electron chi connectivity index (χ0n) is 16.3. The molecule has 2 rings (SSSR count). The number of aryl methyl sites for hydroxylation is 1. The maximum absolute atomic E-state index is 11.9. The second-order valence-electron chi connectivity index (χ2n) is 6.27. The van der Waals surface area contributed by atoms with Crippen LogP contribution in [0.25, 0.3) is 11.8 Å². The summed E-state index contributed by atoms with van der Waals surface area (Å²) in [6, 6.07) is 7.60. The van der Waals surface area contributed by atoms with Crippen LogP contribution in [0, 0.1) is 6.92 Å². The van der Waals surface area contributed by atoms with Gasteiger partial charge in [0.15, 0.2) is 17.3 Å². The molecule has 5 nitrogen and oxygen atoms in total. The summed E-state index contributed by atoms with van der Waals surface area (Å²) < 4.78 is 12.5. The SMILES string of the molecule is CCC(=O)c1cc(C)n(/C=C(\C=C(C)C)c2ccc(OC)c(OC)c2)n1. The number of carbonyl (C=O) groups is 1.